The average molecular weight is 381 g/mol. The number of benzene rings is 1. The number of hydrogen-bond acceptors (Lipinski definition) is 2. The first-order valence-electron chi connectivity index (χ1n) is 8.70. The largest absolute Gasteiger partial charge is 0.355 e. The monoisotopic (exact) mass is 381 g/mol. The van der Waals surface area contributed by atoms with E-state index >= 15 is 0 Å². The van der Waals surface area contributed by atoms with Crippen molar-refractivity contribution in [3.63, 3.8) is 0 Å². The number of nitrogens with zero attached hydrogens (tertiary/aromatic N) is 3. The molecule has 0 saturated heterocycles. The third kappa shape index (κ3) is 3.63. The molecular weight excluding hydrogens is 359 g/mol. The van der Waals surface area contributed by atoms with Crippen molar-refractivity contribution in [2.45, 2.75) is 51.6 Å². The molecule has 1 aromatic heterocycles. The fourth-order valence-electron chi connectivity index (χ4n) is 3.20. The minimum absolute atomic E-state index is 0.118. The van der Waals surface area contributed by atoms with E-state index < -0.39 is 18.1 Å². The minimum atomic E-state index is -2.87. The lowest BCUT2D eigenvalue weighted by Crippen LogP contribution is -2.33. The summed E-state index contributed by atoms with van der Waals surface area (Å²) in [7, 11) is 1.31. The molecule has 1 aliphatic carbocycles. The van der Waals surface area contributed by atoms with Crippen molar-refractivity contribution in [1.82, 2.24) is 14.7 Å². The molecule has 140 valence electrons. The van der Waals surface area contributed by atoms with E-state index in [-0.39, 0.29) is 16.6 Å². The molecule has 0 atom stereocenters. The molecule has 3 nitrogen and oxygen atoms in total. The Morgan fingerprint density at radius 1 is 1.31 bits per heavy atom. The van der Waals surface area contributed by atoms with E-state index in [0.29, 0.717) is 12.5 Å². The molecular formula is C19H22F3N3S. The van der Waals surface area contributed by atoms with Gasteiger partial charge in [-0.1, -0.05) is 50.3 Å². The summed E-state index contributed by atoms with van der Waals surface area (Å²) in [6.45, 7) is 4.69. The fraction of sp³-hybridized carbons (Fsp3) is 0.474. The van der Waals surface area contributed by atoms with Gasteiger partial charge in [0.2, 0.25) is 5.95 Å². The molecule has 1 aliphatic rings. The molecule has 0 spiro atoms. The molecule has 0 aliphatic heterocycles. The van der Waals surface area contributed by atoms with Crippen molar-refractivity contribution in [3.05, 3.63) is 52.6 Å². The summed E-state index contributed by atoms with van der Waals surface area (Å²) in [5.74, 6) is -0.485. The van der Waals surface area contributed by atoms with E-state index in [1.807, 2.05) is 23.1 Å². The maximum atomic E-state index is 14.5. The smallest absolute Gasteiger partial charge is 0.282 e. The number of rotatable bonds is 6. The molecule has 0 N–H and O–H groups in total. The van der Waals surface area contributed by atoms with Gasteiger partial charge in [0.1, 0.15) is 10.7 Å². The van der Waals surface area contributed by atoms with Gasteiger partial charge in [0.05, 0.1) is 5.56 Å². The molecule has 1 aromatic carbocycles. The molecule has 3 rings (SSSR count). The predicted molar refractivity (Wildman–Crippen MR) is 98.9 cm³/mol. The lowest BCUT2D eigenvalue weighted by molar-refractivity contribution is 0.145. The molecule has 26 heavy (non-hydrogen) atoms. The Kier molecular flexibility index (Phi) is 5.37. The van der Waals surface area contributed by atoms with Crippen LogP contribution in [0, 0.1) is 5.95 Å². The van der Waals surface area contributed by atoms with Crippen molar-refractivity contribution in [2.75, 3.05) is 0 Å². The van der Waals surface area contributed by atoms with Crippen LogP contribution in [0.25, 0.3) is 0 Å². The Labute approximate surface area is 156 Å². The third-order valence-electron chi connectivity index (χ3n) is 4.69. The Morgan fingerprint density at radius 2 is 1.96 bits per heavy atom. The van der Waals surface area contributed by atoms with Crippen LogP contribution in [0.5, 0.6) is 0 Å². The number of thiocarbonyl (C=S) groups is 1. The highest BCUT2D eigenvalue weighted by molar-refractivity contribution is 7.80. The van der Waals surface area contributed by atoms with E-state index in [2.05, 4.69) is 25.0 Å². The second-order valence-electron chi connectivity index (χ2n) is 6.99. The van der Waals surface area contributed by atoms with Gasteiger partial charge in [-0.2, -0.15) is 9.49 Å². The van der Waals surface area contributed by atoms with Crippen molar-refractivity contribution in [2.24, 2.45) is 7.05 Å². The second-order valence-corrected chi connectivity index (χ2v) is 7.38. The van der Waals surface area contributed by atoms with Crippen molar-refractivity contribution < 1.29 is 13.2 Å². The standard InChI is InChI=1S/C19H22F3N3S/c1-11(2)14-7-5-4-6-12(14)10-25(13-8-9-13)19(26)15-16(17(20)21)23-24(3)18(15)22/h4-7,11,13,17H,8-10H2,1-3H3. The zero-order valence-electron chi connectivity index (χ0n) is 15.0. The predicted octanol–water partition coefficient (Wildman–Crippen LogP) is 4.96. The molecule has 0 bridgehead atoms. The lowest BCUT2D eigenvalue weighted by atomic mass is 9.97. The van der Waals surface area contributed by atoms with Crippen LogP contribution in [0.2, 0.25) is 0 Å². The summed E-state index contributed by atoms with van der Waals surface area (Å²) in [5.41, 5.74) is 1.44. The number of aryl methyl sites for hydroxylation is 1. The summed E-state index contributed by atoms with van der Waals surface area (Å²) in [6.07, 6.45) is -1.02. The van der Waals surface area contributed by atoms with Crippen LogP contribution in [-0.2, 0) is 13.6 Å². The summed E-state index contributed by atoms with van der Waals surface area (Å²) < 4.78 is 42.0. The number of hydrogen-bond donors (Lipinski definition) is 0. The van der Waals surface area contributed by atoms with Crippen LogP contribution in [0.15, 0.2) is 24.3 Å². The van der Waals surface area contributed by atoms with Crippen LogP contribution >= 0.6 is 12.2 Å². The summed E-state index contributed by atoms with van der Waals surface area (Å²) in [4.78, 5) is 2.00. The summed E-state index contributed by atoms with van der Waals surface area (Å²) in [5, 5.41) is 3.62. The fourth-order valence-corrected chi connectivity index (χ4v) is 3.60. The minimum Gasteiger partial charge on any atom is -0.355 e. The van der Waals surface area contributed by atoms with Gasteiger partial charge >= 0.3 is 0 Å². The van der Waals surface area contributed by atoms with Crippen LogP contribution in [-0.4, -0.2) is 25.7 Å². The number of alkyl halides is 2. The van der Waals surface area contributed by atoms with Crippen LogP contribution in [0.4, 0.5) is 13.2 Å². The maximum Gasteiger partial charge on any atom is 0.282 e. The molecule has 0 amide bonds. The average Bonchev–Trinajstić information content (AvgIpc) is 3.38. The normalized spacial score (nSPS) is 14.3. The van der Waals surface area contributed by atoms with Gasteiger partial charge in [0.25, 0.3) is 6.43 Å². The Morgan fingerprint density at radius 3 is 2.54 bits per heavy atom. The number of halogens is 3. The van der Waals surface area contributed by atoms with E-state index in [4.69, 9.17) is 12.2 Å². The van der Waals surface area contributed by atoms with Gasteiger partial charge < -0.3 is 4.90 Å². The highest BCUT2D eigenvalue weighted by Crippen LogP contribution is 2.34. The molecule has 0 unspecified atom stereocenters. The first kappa shape index (κ1) is 18.9. The quantitative estimate of drug-likeness (QED) is 0.660. The zero-order chi connectivity index (χ0) is 19.0. The summed E-state index contributed by atoms with van der Waals surface area (Å²) >= 11 is 5.47. The highest BCUT2D eigenvalue weighted by Gasteiger charge is 2.36. The highest BCUT2D eigenvalue weighted by atomic mass is 32.1. The van der Waals surface area contributed by atoms with E-state index in [1.54, 1.807) is 0 Å². The van der Waals surface area contributed by atoms with Crippen molar-refractivity contribution >= 4 is 17.2 Å². The Balaban J connectivity index is 1.97. The van der Waals surface area contributed by atoms with Crippen LogP contribution < -0.4 is 0 Å². The Bertz CT molecular complexity index is 812. The zero-order valence-corrected chi connectivity index (χ0v) is 15.9. The molecule has 1 heterocycles. The van der Waals surface area contributed by atoms with E-state index in [0.717, 1.165) is 23.1 Å². The van der Waals surface area contributed by atoms with Gasteiger partial charge in [-0.15, -0.1) is 0 Å². The van der Waals surface area contributed by atoms with Crippen molar-refractivity contribution in [3.8, 4) is 0 Å². The van der Waals surface area contributed by atoms with Crippen molar-refractivity contribution in [1.29, 1.82) is 0 Å². The first-order valence-corrected chi connectivity index (χ1v) is 9.11. The molecule has 2 aromatic rings. The molecule has 1 saturated carbocycles. The third-order valence-corrected chi connectivity index (χ3v) is 5.13. The molecule has 7 heteroatoms. The first-order chi connectivity index (χ1) is 12.3. The van der Waals surface area contributed by atoms with Gasteiger partial charge in [-0.25, -0.2) is 13.5 Å². The lowest BCUT2D eigenvalue weighted by Gasteiger charge is -2.27. The van der Waals surface area contributed by atoms with Gasteiger partial charge in [-0.05, 0) is 29.9 Å². The maximum absolute atomic E-state index is 14.5. The topological polar surface area (TPSA) is 21.1 Å². The SMILES string of the molecule is CC(C)c1ccccc1CN(C(=S)c1c(C(F)F)nn(C)c1F)C1CC1. The van der Waals surface area contributed by atoms with Gasteiger partial charge in [0.15, 0.2) is 0 Å². The van der Waals surface area contributed by atoms with Gasteiger partial charge in [0, 0.05) is 19.6 Å². The van der Waals surface area contributed by atoms with Gasteiger partial charge in [-0.3, -0.25) is 0 Å². The van der Waals surface area contributed by atoms with E-state index in [1.165, 1.54) is 12.6 Å². The van der Waals surface area contributed by atoms with E-state index in [9.17, 15) is 13.2 Å². The molecule has 0 radical (unpaired) electrons. The molecule has 1 fully saturated rings. The number of aromatic nitrogens is 2. The second kappa shape index (κ2) is 7.39. The Hall–Kier alpha value is -1.89. The summed E-state index contributed by atoms with van der Waals surface area (Å²) in [6, 6.07) is 8.16. The van der Waals surface area contributed by atoms with Crippen LogP contribution in [0.1, 0.15) is 61.4 Å². The van der Waals surface area contributed by atoms with Crippen LogP contribution in [0.3, 0.4) is 0 Å².